The van der Waals surface area contributed by atoms with E-state index >= 15 is 0 Å². The second-order valence-electron chi connectivity index (χ2n) is 4.15. The summed E-state index contributed by atoms with van der Waals surface area (Å²) in [6.45, 7) is 6.14. The summed E-state index contributed by atoms with van der Waals surface area (Å²) >= 11 is 0. The summed E-state index contributed by atoms with van der Waals surface area (Å²) in [6.07, 6.45) is 0.898. The van der Waals surface area contributed by atoms with Crippen molar-refractivity contribution in [2.24, 2.45) is 5.92 Å². The quantitative estimate of drug-likeness (QED) is 0.637. The van der Waals surface area contributed by atoms with Crippen molar-refractivity contribution in [1.29, 1.82) is 0 Å². The SMILES string of the molecule is C[C@H]1CNCCN1C(=O)[C@H]1CCOC1. The molecule has 0 bridgehead atoms. The second kappa shape index (κ2) is 4.28. The summed E-state index contributed by atoms with van der Waals surface area (Å²) in [5.41, 5.74) is 0. The molecule has 0 aliphatic carbocycles. The number of nitrogens with zero attached hydrogens (tertiary/aromatic N) is 1. The summed E-state index contributed by atoms with van der Waals surface area (Å²) in [6, 6.07) is 0.330. The molecule has 14 heavy (non-hydrogen) atoms. The molecule has 2 aliphatic rings. The van der Waals surface area contributed by atoms with Crippen molar-refractivity contribution >= 4 is 5.91 Å². The van der Waals surface area contributed by atoms with Crippen LogP contribution >= 0.6 is 0 Å². The van der Waals surface area contributed by atoms with E-state index in [1.165, 1.54) is 0 Å². The molecule has 2 saturated heterocycles. The van der Waals surface area contributed by atoms with E-state index in [1.807, 2.05) is 4.90 Å². The molecule has 0 aromatic rings. The highest BCUT2D eigenvalue weighted by atomic mass is 16.5. The van der Waals surface area contributed by atoms with Gasteiger partial charge in [0, 0.05) is 32.3 Å². The Balaban J connectivity index is 1.94. The Morgan fingerprint density at radius 3 is 3.07 bits per heavy atom. The Labute approximate surface area is 84.6 Å². The predicted molar refractivity (Wildman–Crippen MR) is 53.0 cm³/mol. The summed E-state index contributed by atoms with van der Waals surface area (Å²) in [5.74, 6) is 0.409. The van der Waals surface area contributed by atoms with Gasteiger partial charge in [0.1, 0.15) is 0 Å². The third-order valence-corrected chi connectivity index (χ3v) is 3.06. The van der Waals surface area contributed by atoms with Gasteiger partial charge in [0.05, 0.1) is 12.5 Å². The number of amides is 1. The van der Waals surface area contributed by atoms with Gasteiger partial charge in [0.25, 0.3) is 0 Å². The van der Waals surface area contributed by atoms with Crippen LogP contribution in [0.25, 0.3) is 0 Å². The third kappa shape index (κ3) is 1.91. The van der Waals surface area contributed by atoms with E-state index in [4.69, 9.17) is 4.74 Å². The van der Waals surface area contributed by atoms with Crippen molar-refractivity contribution in [3.63, 3.8) is 0 Å². The first kappa shape index (κ1) is 9.93. The van der Waals surface area contributed by atoms with Crippen molar-refractivity contribution in [1.82, 2.24) is 10.2 Å². The molecule has 80 valence electrons. The maximum Gasteiger partial charge on any atom is 0.228 e. The Hall–Kier alpha value is -0.610. The molecule has 0 unspecified atom stereocenters. The van der Waals surface area contributed by atoms with E-state index in [1.54, 1.807) is 0 Å². The Morgan fingerprint density at radius 2 is 2.43 bits per heavy atom. The van der Waals surface area contributed by atoms with Gasteiger partial charge in [-0.25, -0.2) is 0 Å². The number of hydrogen-bond acceptors (Lipinski definition) is 3. The van der Waals surface area contributed by atoms with Gasteiger partial charge in [0.2, 0.25) is 5.91 Å². The number of carbonyl (C=O) groups is 1. The first-order chi connectivity index (χ1) is 6.79. The molecule has 0 aromatic carbocycles. The van der Waals surface area contributed by atoms with Crippen LogP contribution in [0.5, 0.6) is 0 Å². The van der Waals surface area contributed by atoms with Gasteiger partial charge >= 0.3 is 0 Å². The molecular weight excluding hydrogens is 180 g/mol. The number of nitrogens with one attached hydrogen (secondary N) is 1. The minimum absolute atomic E-state index is 0.121. The lowest BCUT2D eigenvalue weighted by molar-refractivity contribution is -0.138. The topological polar surface area (TPSA) is 41.6 Å². The smallest absolute Gasteiger partial charge is 0.228 e. The molecule has 2 fully saturated rings. The standard InChI is InChI=1S/C10H18N2O2/c1-8-6-11-3-4-12(8)10(13)9-2-5-14-7-9/h8-9,11H,2-7H2,1H3/t8-,9-/m0/s1. The summed E-state index contributed by atoms with van der Waals surface area (Å²) in [4.78, 5) is 14.0. The van der Waals surface area contributed by atoms with E-state index in [0.717, 1.165) is 32.7 Å². The van der Waals surface area contributed by atoms with E-state index in [2.05, 4.69) is 12.2 Å². The highest BCUT2D eigenvalue weighted by Gasteiger charge is 2.31. The molecule has 1 N–H and O–H groups in total. The largest absolute Gasteiger partial charge is 0.381 e. The van der Waals surface area contributed by atoms with Gasteiger partial charge in [-0.15, -0.1) is 0 Å². The number of piperazine rings is 1. The highest BCUT2D eigenvalue weighted by molar-refractivity contribution is 5.79. The lowest BCUT2D eigenvalue weighted by atomic mass is 10.1. The molecule has 2 atom stereocenters. The van der Waals surface area contributed by atoms with Crippen LogP contribution in [0.3, 0.4) is 0 Å². The van der Waals surface area contributed by atoms with Gasteiger partial charge in [-0.05, 0) is 13.3 Å². The van der Waals surface area contributed by atoms with Gasteiger partial charge in [-0.2, -0.15) is 0 Å². The van der Waals surface area contributed by atoms with Crippen molar-refractivity contribution in [2.75, 3.05) is 32.8 Å². The summed E-state index contributed by atoms with van der Waals surface area (Å²) in [5, 5.41) is 3.28. The van der Waals surface area contributed by atoms with Crippen LogP contribution in [-0.4, -0.2) is 49.7 Å². The number of carbonyl (C=O) groups excluding carboxylic acids is 1. The maximum absolute atomic E-state index is 12.0. The Morgan fingerprint density at radius 1 is 1.57 bits per heavy atom. The van der Waals surface area contributed by atoms with Crippen LogP contribution in [0, 0.1) is 5.92 Å². The van der Waals surface area contributed by atoms with Crippen LogP contribution in [0.1, 0.15) is 13.3 Å². The average molecular weight is 198 g/mol. The summed E-state index contributed by atoms with van der Waals surface area (Å²) in [7, 11) is 0. The van der Waals surface area contributed by atoms with E-state index in [0.29, 0.717) is 12.6 Å². The third-order valence-electron chi connectivity index (χ3n) is 3.06. The van der Waals surface area contributed by atoms with Crippen LogP contribution in [-0.2, 0) is 9.53 Å². The zero-order valence-corrected chi connectivity index (χ0v) is 8.66. The fourth-order valence-electron chi connectivity index (χ4n) is 2.13. The zero-order chi connectivity index (χ0) is 9.97. The number of rotatable bonds is 1. The Bertz CT molecular complexity index is 214. The minimum atomic E-state index is 0.121. The first-order valence-corrected chi connectivity index (χ1v) is 5.38. The zero-order valence-electron chi connectivity index (χ0n) is 8.66. The van der Waals surface area contributed by atoms with E-state index in [-0.39, 0.29) is 11.8 Å². The van der Waals surface area contributed by atoms with Gasteiger partial charge < -0.3 is 15.0 Å². The lowest BCUT2D eigenvalue weighted by Gasteiger charge is -2.35. The van der Waals surface area contributed by atoms with Gasteiger partial charge in [0.15, 0.2) is 0 Å². The van der Waals surface area contributed by atoms with Crippen LogP contribution in [0.15, 0.2) is 0 Å². The fraction of sp³-hybridized carbons (Fsp3) is 0.900. The highest BCUT2D eigenvalue weighted by Crippen LogP contribution is 2.17. The van der Waals surface area contributed by atoms with Crippen LogP contribution < -0.4 is 5.32 Å². The van der Waals surface area contributed by atoms with E-state index in [9.17, 15) is 4.79 Å². The lowest BCUT2D eigenvalue weighted by Crippen LogP contribution is -2.53. The van der Waals surface area contributed by atoms with Crippen LogP contribution in [0.4, 0.5) is 0 Å². The maximum atomic E-state index is 12.0. The normalized spacial score (nSPS) is 33.4. The van der Waals surface area contributed by atoms with E-state index < -0.39 is 0 Å². The molecule has 2 aliphatic heterocycles. The molecular formula is C10H18N2O2. The number of hydrogen-bond donors (Lipinski definition) is 1. The molecule has 2 heterocycles. The first-order valence-electron chi connectivity index (χ1n) is 5.38. The molecule has 0 radical (unpaired) electrons. The Kier molecular flexibility index (Phi) is 3.03. The van der Waals surface area contributed by atoms with Crippen molar-refractivity contribution in [3.8, 4) is 0 Å². The van der Waals surface area contributed by atoms with Gasteiger partial charge in [-0.1, -0.05) is 0 Å². The monoisotopic (exact) mass is 198 g/mol. The molecule has 2 rings (SSSR count). The molecule has 0 aromatic heterocycles. The molecule has 0 saturated carbocycles. The average Bonchev–Trinajstić information content (AvgIpc) is 2.70. The van der Waals surface area contributed by atoms with Crippen molar-refractivity contribution in [2.45, 2.75) is 19.4 Å². The molecule has 0 spiro atoms. The fourth-order valence-corrected chi connectivity index (χ4v) is 2.13. The number of ether oxygens (including phenoxy) is 1. The summed E-state index contributed by atoms with van der Waals surface area (Å²) < 4.78 is 5.24. The second-order valence-corrected chi connectivity index (χ2v) is 4.15. The molecule has 4 nitrogen and oxygen atoms in total. The molecule has 1 amide bonds. The predicted octanol–water partition coefficient (Wildman–Crippen LogP) is -0.157. The van der Waals surface area contributed by atoms with Crippen molar-refractivity contribution < 1.29 is 9.53 Å². The minimum Gasteiger partial charge on any atom is -0.381 e. The van der Waals surface area contributed by atoms with Gasteiger partial charge in [-0.3, -0.25) is 4.79 Å². The van der Waals surface area contributed by atoms with Crippen LogP contribution in [0.2, 0.25) is 0 Å². The molecule has 4 heteroatoms. The van der Waals surface area contributed by atoms with Crippen molar-refractivity contribution in [3.05, 3.63) is 0 Å².